The number of nitro groups is 3. The Kier molecular flexibility index (Phi) is 21.9. The van der Waals surface area contributed by atoms with Crippen molar-refractivity contribution in [1.29, 1.82) is 0 Å². The first-order chi connectivity index (χ1) is 28.2. The summed E-state index contributed by atoms with van der Waals surface area (Å²) >= 11 is 5.30. The number of aromatic nitrogens is 6. The molecule has 0 amide bonds. The second-order valence-corrected chi connectivity index (χ2v) is 27.9. The molecule has 16 nitrogen and oxygen atoms in total. The van der Waals surface area contributed by atoms with Crippen LogP contribution in [0.25, 0.3) is 11.4 Å². The van der Waals surface area contributed by atoms with Gasteiger partial charge in [0.25, 0.3) is 17.1 Å². The number of imidazole rings is 3. The molecule has 0 spiro atoms. The van der Waals surface area contributed by atoms with Gasteiger partial charge in [0, 0.05) is 59.9 Å². The van der Waals surface area contributed by atoms with Crippen molar-refractivity contribution in [2.45, 2.75) is 39.3 Å². The predicted molar refractivity (Wildman–Crippen MR) is 229 cm³/mol. The Morgan fingerprint density at radius 3 is 1.27 bits per heavy atom. The van der Waals surface area contributed by atoms with Crippen molar-refractivity contribution >= 4 is 84.0 Å². The third-order valence-electron chi connectivity index (χ3n) is 7.01. The molecule has 0 unspecified atom stereocenters. The zero-order valence-electron chi connectivity index (χ0n) is 31.2. The molecule has 29 heteroatoms. The number of anilines is 1. The molecule has 338 valence electrons. The molecule has 6 rings (SSSR count). The number of nitro benzene ring substituents is 3. The Morgan fingerprint density at radius 2 is 0.984 bits per heavy atom. The van der Waals surface area contributed by atoms with Crippen molar-refractivity contribution in [1.82, 2.24) is 29.1 Å². The summed E-state index contributed by atoms with van der Waals surface area (Å²) in [6.07, 6.45) is -4.60. The molecule has 0 bridgehead atoms. The van der Waals surface area contributed by atoms with Crippen molar-refractivity contribution < 1.29 is 67.5 Å². The fourth-order valence-electron chi connectivity index (χ4n) is 4.38. The van der Waals surface area contributed by atoms with E-state index in [-0.39, 0.29) is 47.5 Å². The number of nitrogens with zero attached hydrogens (tertiary/aromatic N) is 8. The van der Waals surface area contributed by atoms with Crippen LogP contribution in [0, 0.1) is 51.1 Å². The summed E-state index contributed by atoms with van der Waals surface area (Å²) in [6.45, 7) is 5.39. The minimum absolute atomic E-state index is 0. The zero-order valence-corrected chi connectivity index (χ0v) is 40.0. The average Bonchev–Trinajstić information content (AvgIpc) is 3.94. The van der Waals surface area contributed by atoms with E-state index in [1.54, 1.807) is 32.6 Å². The molecule has 0 fully saturated rings. The summed E-state index contributed by atoms with van der Waals surface area (Å²) in [6, 6.07) is 6.79. The minimum Gasteiger partial charge on any atom is -0.258 e. The number of aryl methyl sites for hydroxylation is 3. The standard InChI is InChI=1S/C11H8F3N3O2.C11H10F3N3.C7H3F3N2O4.C4H6N2.I3.HI/c1-7-5-16(6-15-7)9-2-8(11(12,13)14)3-10(4-9)17(18)19;1-7-5-17(6-16-7)10-3-8(11(12,13)14)2-9(15)4-10;8-7(9,10)4-1-5(11(13)14)3-6(2-4)12(15)16;1-4-2-5-3-6-4;1-3-2;/h2-6H,1H3;2-6H,15H2,1H3;1-3H;2-3H,1H3,(H,5,6);;1H/q;;;;-1;. The SMILES string of the molecule is Cc1cn(-c2cc(N)cc(C(F)(F)F)c2)cn1.Cc1cn(-c2cc([N+](=O)[O-])cc(C(F)(F)F)c2)cn1.Cc1cnc[nH]1.I.I[I-]I.O=[N+]([O-])c1cc([N+](=O)[O-])cc(C(F)(F)F)c1. The molecule has 0 radical (unpaired) electrons. The Labute approximate surface area is 390 Å². The molecule has 6 aromatic rings. The quantitative estimate of drug-likeness (QED) is 0.0551. The molecule has 0 aliphatic rings. The van der Waals surface area contributed by atoms with E-state index >= 15 is 0 Å². The molecule has 0 saturated heterocycles. The molecular weight excluding hydrogens is 1310 g/mol. The largest absolute Gasteiger partial charge is 0.416 e. The fraction of sp³-hybridized carbons (Fsp3) is 0.182. The van der Waals surface area contributed by atoms with Crippen LogP contribution in [0.15, 0.2) is 92.2 Å². The van der Waals surface area contributed by atoms with Crippen molar-refractivity contribution in [3.05, 3.63) is 156 Å². The van der Waals surface area contributed by atoms with Crippen molar-refractivity contribution in [2.75, 3.05) is 5.73 Å². The van der Waals surface area contributed by atoms with Crippen molar-refractivity contribution in [3.8, 4) is 11.4 Å². The first-order valence-corrected chi connectivity index (χ1v) is 28.4. The molecular formula is C33H28F9I4N10O6-. The van der Waals surface area contributed by atoms with Gasteiger partial charge < -0.3 is 19.9 Å². The van der Waals surface area contributed by atoms with Crippen LogP contribution in [0.2, 0.25) is 0 Å². The number of hydrogen-bond acceptors (Lipinski definition) is 10. The number of non-ortho nitro benzene ring substituents is 3. The average molecular weight is 1340 g/mol. The summed E-state index contributed by atoms with van der Waals surface area (Å²) in [5.74, 6) is 0. The molecule has 0 aliphatic carbocycles. The molecule has 3 heterocycles. The minimum atomic E-state index is -4.86. The van der Waals surface area contributed by atoms with Crippen LogP contribution in [0.3, 0.4) is 0 Å². The van der Waals surface area contributed by atoms with Gasteiger partial charge in [0.15, 0.2) is 0 Å². The number of alkyl halides is 9. The number of nitrogen functional groups attached to an aromatic ring is 1. The Balaban J connectivity index is 0.000000420. The summed E-state index contributed by atoms with van der Waals surface area (Å²) < 4.78 is 115. The molecule has 0 atom stereocenters. The Morgan fingerprint density at radius 1 is 0.629 bits per heavy atom. The van der Waals surface area contributed by atoms with Gasteiger partial charge in [0.1, 0.15) is 0 Å². The van der Waals surface area contributed by atoms with Crippen LogP contribution in [-0.4, -0.2) is 43.8 Å². The molecule has 0 saturated carbocycles. The van der Waals surface area contributed by atoms with E-state index in [1.165, 1.54) is 34.1 Å². The number of hydrogen-bond donors (Lipinski definition) is 2. The van der Waals surface area contributed by atoms with Gasteiger partial charge in [-0.05, 0) is 45.0 Å². The van der Waals surface area contributed by atoms with E-state index in [2.05, 4.69) is 57.2 Å². The number of nitrogens with two attached hydrogens (primary N) is 1. The third kappa shape index (κ3) is 18.5. The number of H-pyrrole nitrogens is 1. The summed E-state index contributed by atoms with van der Waals surface area (Å²) in [7, 11) is 0. The summed E-state index contributed by atoms with van der Waals surface area (Å²) in [4.78, 5) is 42.6. The second-order valence-electron chi connectivity index (χ2n) is 11.7. The molecule has 3 aromatic heterocycles. The number of halogens is 13. The Bertz CT molecular complexity index is 2380. The number of rotatable bonds is 5. The van der Waals surface area contributed by atoms with Gasteiger partial charge in [-0.25, -0.2) is 15.0 Å². The van der Waals surface area contributed by atoms with Crippen LogP contribution >= 0.6 is 61.2 Å². The van der Waals surface area contributed by atoms with Crippen molar-refractivity contribution in [2.24, 2.45) is 0 Å². The van der Waals surface area contributed by atoms with Crippen LogP contribution in [-0.2, 0) is 18.5 Å². The van der Waals surface area contributed by atoms with Crippen LogP contribution in [0.5, 0.6) is 0 Å². The zero-order chi connectivity index (χ0) is 46.5. The van der Waals surface area contributed by atoms with Crippen LogP contribution in [0.4, 0.5) is 62.3 Å². The first kappa shape index (κ1) is 55.6. The van der Waals surface area contributed by atoms with E-state index < -0.39 is 67.1 Å². The van der Waals surface area contributed by atoms with Crippen molar-refractivity contribution in [3.63, 3.8) is 0 Å². The van der Waals surface area contributed by atoms with Gasteiger partial charge in [-0.2, -0.15) is 39.5 Å². The third-order valence-corrected chi connectivity index (χ3v) is 7.01. The smallest absolute Gasteiger partial charge is 0.258 e. The first-order valence-electron chi connectivity index (χ1n) is 15.9. The molecule has 62 heavy (non-hydrogen) atoms. The number of benzene rings is 3. The maximum atomic E-state index is 12.7. The number of nitrogens with one attached hydrogen (secondary N) is 1. The van der Waals surface area contributed by atoms with Gasteiger partial charge in [-0.3, -0.25) is 30.3 Å². The number of aromatic amines is 1. The molecule has 0 aliphatic heterocycles. The van der Waals surface area contributed by atoms with E-state index in [4.69, 9.17) is 5.73 Å². The van der Waals surface area contributed by atoms with Gasteiger partial charge in [0.2, 0.25) is 0 Å². The van der Waals surface area contributed by atoms with E-state index in [9.17, 15) is 69.9 Å². The molecule has 3 aromatic carbocycles. The normalized spacial score (nSPS) is 10.9. The second kappa shape index (κ2) is 24.4. The van der Waals surface area contributed by atoms with Gasteiger partial charge in [-0.15, -0.1) is 24.0 Å². The van der Waals surface area contributed by atoms with Gasteiger partial charge in [-0.1, -0.05) is 0 Å². The fourth-order valence-corrected chi connectivity index (χ4v) is 4.38. The molecule has 3 N–H and O–H groups in total. The van der Waals surface area contributed by atoms with Gasteiger partial charge in [0.05, 0.1) is 73.6 Å². The summed E-state index contributed by atoms with van der Waals surface area (Å²) in [5.41, 5.74) is 2.54. The predicted octanol–water partition coefficient (Wildman–Crippen LogP) is 8.52. The van der Waals surface area contributed by atoms with E-state index in [0.717, 1.165) is 35.7 Å². The monoisotopic (exact) mass is 1340 g/mol. The van der Waals surface area contributed by atoms with Gasteiger partial charge >= 0.3 is 69.0 Å². The topological polar surface area (TPSA) is 220 Å². The summed E-state index contributed by atoms with van der Waals surface area (Å²) in [5, 5.41) is 31.2. The Hall–Kier alpha value is -4.42. The van der Waals surface area contributed by atoms with Crippen LogP contribution < -0.4 is 19.0 Å². The maximum absolute atomic E-state index is 12.7. The van der Waals surface area contributed by atoms with E-state index in [0.29, 0.717) is 36.8 Å². The van der Waals surface area contributed by atoms with Crippen LogP contribution in [0.1, 0.15) is 33.8 Å². The maximum Gasteiger partial charge on any atom is 0.416 e. The van der Waals surface area contributed by atoms with E-state index in [1.807, 2.05) is 6.92 Å².